The molecule has 0 saturated heterocycles. The van der Waals surface area contributed by atoms with Gasteiger partial charge in [0.1, 0.15) is 0 Å². The zero-order valence-corrected chi connectivity index (χ0v) is 19.2. The van der Waals surface area contributed by atoms with Crippen molar-refractivity contribution in [1.82, 2.24) is 10.3 Å². The number of hydrogen-bond donors (Lipinski definition) is 3. The molecule has 0 amide bonds. The molecule has 0 spiro atoms. The summed E-state index contributed by atoms with van der Waals surface area (Å²) in [4.78, 5) is 3.83. The molecular weight excluding hydrogens is 468 g/mol. The molecule has 0 bridgehead atoms. The van der Waals surface area contributed by atoms with E-state index in [-0.39, 0.29) is 5.92 Å². The molecule has 0 aliphatic rings. The Hall–Kier alpha value is -2.61. The molecule has 32 heavy (non-hydrogen) atoms. The lowest BCUT2D eigenvalue weighted by Gasteiger charge is -2.21. The van der Waals surface area contributed by atoms with Crippen molar-refractivity contribution in [3.63, 3.8) is 0 Å². The number of H-pyrrole nitrogens is 1. The minimum absolute atomic E-state index is 0.0376. The Balaban J connectivity index is 1.51. The van der Waals surface area contributed by atoms with Crippen LogP contribution in [0.3, 0.4) is 0 Å². The van der Waals surface area contributed by atoms with E-state index < -0.39 is 5.76 Å². The zero-order valence-electron chi connectivity index (χ0n) is 16.8. The Kier molecular flexibility index (Phi) is 7.29. The first-order valence-corrected chi connectivity index (χ1v) is 11.6. The molecule has 1 atom stereocenters. The summed E-state index contributed by atoms with van der Waals surface area (Å²) in [6.45, 7) is 0.525. The molecule has 1 aromatic heterocycles. The van der Waals surface area contributed by atoms with E-state index in [2.05, 4.69) is 21.7 Å². The van der Waals surface area contributed by atoms with E-state index in [0.29, 0.717) is 33.3 Å². The zero-order chi connectivity index (χ0) is 22.5. The molecule has 0 fully saturated rings. The maximum Gasteiger partial charge on any atom is 0.288 e. The lowest BCUT2D eigenvalue weighted by atomic mass is 9.91. The van der Waals surface area contributed by atoms with E-state index in [9.17, 15) is 8.78 Å². The highest BCUT2D eigenvalue weighted by Crippen LogP contribution is 2.34. The standard InChI is InChI=1S/C24H20ClF2N3S2/c25-21-7-3-1-5-17(21)19(20-13-28-22-8-4-2-6-18(20)22)14-29-24(31)30-15-9-11-16(12-10-15)32-23(26)27/h1-13,19,23,28H,14H2,(H2,29,30,31). The predicted molar refractivity (Wildman–Crippen MR) is 134 cm³/mol. The van der Waals surface area contributed by atoms with Crippen molar-refractivity contribution in [2.45, 2.75) is 16.6 Å². The van der Waals surface area contributed by atoms with Gasteiger partial charge in [-0.25, -0.2) is 0 Å². The van der Waals surface area contributed by atoms with Gasteiger partial charge in [-0.05, 0) is 59.7 Å². The fourth-order valence-electron chi connectivity index (χ4n) is 3.62. The van der Waals surface area contributed by atoms with E-state index >= 15 is 0 Å². The summed E-state index contributed by atoms with van der Waals surface area (Å²) in [6, 6.07) is 22.6. The first kappa shape index (κ1) is 22.6. The summed E-state index contributed by atoms with van der Waals surface area (Å²) in [5, 5.41) is 8.65. The van der Waals surface area contributed by atoms with Gasteiger partial charge in [-0.2, -0.15) is 8.78 Å². The van der Waals surface area contributed by atoms with Gasteiger partial charge >= 0.3 is 0 Å². The van der Waals surface area contributed by atoms with Crippen molar-refractivity contribution < 1.29 is 8.78 Å². The van der Waals surface area contributed by atoms with Crippen LogP contribution >= 0.6 is 35.6 Å². The average Bonchev–Trinajstić information content (AvgIpc) is 3.20. The number of halogens is 3. The molecule has 0 aliphatic heterocycles. The lowest BCUT2D eigenvalue weighted by molar-refractivity contribution is 0.252. The fourth-order valence-corrected chi connectivity index (χ4v) is 4.58. The van der Waals surface area contributed by atoms with Crippen molar-refractivity contribution in [2.24, 2.45) is 0 Å². The molecule has 3 nitrogen and oxygen atoms in total. The summed E-state index contributed by atoms with van der Waals surface area (Å²) in [7, 11) is 0. The predicted octanol–water partition coefficient (Wildman–Crippen LogP) is 7.25. The van der Waals surface area contributed by atoms with Crippen LogP contribution < -0.4 is 10.6 Å². The third kappa shape index (κ3) is 5.41. The maximum absolute atomic E-state index is 12.5. The molecule has 0 radical (unpaired) electrons. The smallest absolute Gasteiger partial charge is 0.288 e. The molecule has 1 unspecified atom stereocenters. The van der Waals surface area contributed by atoms with Crippen LogP contribution in [0.15, 0.2) is 83.9 Å². The molecule has 3 N–H and O–H groups in total. The van der Waals surface area contributed by atoms with Gasteiger partial charge in [0.2, 0.25) is 0 Å². The number of alkyl halides is 2. The monoisotopic (exact) mass is 487 g/mol. The number of para-hydroxylation sites is 1. The van der Waals surface area contributed by atoms with Gasteiger partial charge in [0, 0.05) is 45.2 Å². The molecular formula is C24H20ClF2N3S2. The highest BCUT2D eigenvalue weighted by atomic mass is 35.5. The van der Waals surface area contributed by atoms with Crippen molar-refractivity contribution in [3.8, 4) is 0 Å². The van der Waals surface area contributed by atoms with Crippen LogP contribution in [0.4, 0.5) is 14.5 Å². The minimum Gasteiger partial charge on any atom is -0.361 e. The number of benzene rings is 3. The molecule has 4 aromatic rings. The van der Waals surface area contributed by atoms with Crippen LogP contribution in [0.5, 0.6) is 0 Å². The van der Waals surface area contributed by atoms with Crippen molar-refractivity contribution in [2.75, 3.05) is 11.9 Å². The summed E-state index contributed by atoms with van der Waals surface area (Å²) >= 11 is 12.5. The van der Waals surface area contributed by atoms with Gasteiger partial charge in [0.05, 0.1) is 0 Å². The first-order valence-electron chi connectivity index (χ1n) is 9.91. The van der Waals surface area contributed by atoms with Crippen molar-refractivity contribution >= 4 is 57.3 Å². The number of hydrogen-bond acceptors (Lipinski definition) is 2. The highest BCUT2D eigenvalue weighted by molar-refractivity contribution is 7.99. The average molecular weight is 488 g/mol. The molecule has 164 valence electrons. The Morgan fingerprint density at radius 2 is 1.69 bits per heavy atom. The third-order valence-electron chi connectivity index (χ3n) is 5.08. The molecule has 4 rings (SSSR count). The highest BCUT2D eigenvalue weighted by Gasteiger charge is 2.20. The maximum atomic E-state index is 12.5. The van der Waals surface area contributed by atoms with Crippen molar-refractivity contribution in [3.05, 3.63) is 95.1 Å². The molecule has 8 heteroatoms. The largest absolute Gasteiger partial charge is 0.361 e. The van der Waals surface area contributed by atoms with E-state index in [4.69, 9.17) is 23.8 Å². The van der Waals surface area contributed by atoms with Crippen LogP contribution in [0, 0.1) is 0 Å². The van der Waals surface area contributed by atoms with Crippen LogP contribution in [0.1, 0.15) is 17.0 Å². The number of aromatic nitrogens is 1. The van der Waals surface area contributed by atoms with Gasteiger partial charge in [-0.3, -0.25) is 0 Å². The van der Waals surface area contributed by atoms with Gasteiger partial charge in [0.25, 0.3) is 5.76 Å². The van der Waals surface area contributed by atoms with Crippen LogP contribution in [-0.2, 0) is 0 Å². The van der Waals surface area contributed by atoms with E-state index in [1.54, 1.807) is 24.3 Å². The van der Waals surface area contributed by atoms with Gasteiger partial charge in [0.15, 0.2) is 5.11 Å². The summed E-state index contributed by atoms with van der Waals surface area (Å²) in [5.74, 6) is -2.48. The Bertz CT molecular complexity index is 1210. The molecule has 0 saturated carbocycles. The number of fused-ring (bicyclic) bond motifs is 1. The number of rotatable bonds is 7. The third-order valence-corrected chi connectivity index (χ3v) is 6.39. The molecule has 3 aromatic carbocycles. The summed E-state index contributed by atoms with van der Waals surface area (Å²) in [6.07, 6.45) is 2.01. The topological polar surface area (TPSA) is 39.8 Å². The van der Waals surface area contributed by atoms with E-state index in [0.717, 1.165) is 27.7 Å². The van der Waals surface area contributed by atoms with E-state index in [1.165, 1.54) is 0 Å². The van der Waals surface area contributed by atoms with Crippen LogP contribution in [-0.4, -0.2) is 22.4 Å². The number of anilines is 1. The molecule has 0 aliphatic carbocycles. The lowest BCUT2D eigenvalue weighted by Crippen LogP contribution is -2.32. The van der Waals surface area contributed by atoms with Gasteiger partial charge < -0.3 is 15.6 Å². The number of aromatic amines is 1. The molecule has 1 heterocycles. The summed E-state index contributed by atoms with van der Waals surface area (Å²) < 4.78 is 25.0. The second kappa shape index (κ2) is 10.3. The van der Waals surface area contributed by atoms with Crippen LogP contribution in [0.2, 0.25) is 5.02 Å². The summed E-state index contributed by atoms with van der Waals surface area (Å²) in [5.41, 5.74) is 3.91. The Morgan fingerprint density at radius 3 is 2.44 bits per heavy atom. The second-order valence-electron chi connectivity index (χ2n) is 7.10. The van der Waals surface area contributed by atoms with Gasteiger partial charge in [-0.1, -0.05) is 59.8 Å². The second-order valence-corrected chi connectivity index (χ2v) is 8.98. The SMILES string of the molecule is FC(F)Sc1ccc(NC(=S)NCC(c2ccccc2Cl)c2c[nH]c3ccccc23)cc1. The van der Waals surface area contributed by atoms with Gasteiger partial charge in [-0.15, -0.1) is 0 Å². The number of nitrogens with one attached hydrogen (secondary N) is 3. The quantitative estimate of drug-likeness (QED) is 0.189. The van der Waals surface area contributed by atoms with E-state index in [1.807, 2.05) is 48.7 Å². The van der Waals surface area contributed by atoms with Crippen LogP contribution in [0.25, 0.3) is 10.9 Å². The Labute approximate surface area is 199 Å². The Morgan fingerprint density at radius 1 is 0.969 bits per heavy atom. The number of thiocarbonyl (C=S) groups is 1. The number of thioether (sulfide) groups is 1. The first-order chi connectivity index (χ1) is 15.5. The van der Waals surface area contributed by atoms with Crippen molar-refractivity contribution in [1.29, 1.82) is 0 Å². The normalized spacial score (nSPS) is 12.1. The minimum atomic E-state index is -2.44. The fraction of sp³-hybridized carbons (Fsp3) is 0.125.